The van der Waals surface area contributed by atoms with E-state index in [1.807, 2.05) is 90.9 Å². The van der Waals surface area contributed by atoms with Crippen molar-refractivity contribution in [1.82, 2.24) is 9.88 Å². The first-order valence-electron chi connectivity index (χ1n) is 14.8. The number of carbonyl (C=O) groups is 1. The number of likely N-dealkylation sites (tertiary alicyclic amines) is 1. The van der Waals surface area contributed by atoms with Crippen molar-refractivity contribution >= 4 is 47.0 Å². The third-order valence-electron chi connectivity index (χ3n) is 9.21. The summed E-state index contributed by atoms with van der Waals surface area (Å²) in [5.74, 6) is 0.628. The van der Waals surface area contributed by atoms with Crippen molar-refractivity contribution in [3.8, 4) is 17.2 Å². The highest BCUT2D eigenvalue weighted by Crippen LogP contribution is 2.45. The maximum absolute atomic E-state index is 12.6. The molecule has 1 aromatic heterocycles. The third kappa shape index (κ3) is 5.24. The van der Waals surface area contributed by atoms with Crippen LogP contribution in [0.4, 0.5) is 10.6 Å². The van der Waals surface area contributed by atoms with E-state index >= 15 is 0 Å². The highest BCUT2D eigenvalue weighted by Gasteiger charge is 2.52. The Bertz CT molecular complexity index is 1640. The van der Waals surface area contributed by atoms with Crippen molar-refractivity contribution in [3.63, 3.8) is 0 Å². The van der Waals surface area contributed by atoms with Crippen LogP contribution in [0.5, 0.6) is 0 Å². The van der Waals surface area contributed by atoms with Crippen molar-refractivity contribution in [2.24, 2.45) is 5.41 Å². The maximum Gasteiger partial charge on any atom is 0.494 e. The summed E-state index contributed by atoms with van der Waals surface area (Å²) in [7, 11) is -0.539. The summed E-state index contributed by atoms with van der Waals surface area (Å²) in [6, 6.07) is 16.0. The summed E-state index contributed by atoms with van der Waals surface area (Å²) in [6.45, 7) is 16.4. The molecule has 3 aliphatic rings. The van der Waals surface area contributed by atoms with Crippen LogP contribution in [-0.2, 0) is 14.0 Å². The molecule has 3 aliphatic heterocycles. The largest absolute Gasteiger partial charge is 0.494 e. The molecular weight excluding hydrogens is 563 g/mol. The smallest absolute Gasteiger partial charge is 0.444 e. The molecule has 0 saturated carbocycles. The number of halogens is 1. The number of ether oxygens (including phenoxy) is 1. The van der Waals surface area contributed by atoms with Crippen molar-refractivity contribution in [2.45, 2.75) is 71.7 Å². The van der Waals surface area contributed by atoms with Crippen molar-refractivity contribution in [1.29, 1.82) is 5.26 Å². The number of nitriles is 1. The molecule has 3 saturated heterocycles. The average molecular weight is 601 g/mol. The Morgan fingerprint density at radius 2 is 1.74 bits per heavy atom. The van der Waals surface area contributed by atoms with Gasteiger partial charge in [-0.3, -0.25) is 0 Å². The van der Waals surface area contributed by atoms with Gasteiger partial charge < -0.3 is 23.8 Å². The van der Waals surface area contributed by atoms with Crippen LogP contribution in [0, 0.1) is 16.7 Å². The molecule has 0 radical (unpaired) electrons. The molecule has 1 spiro atoms. The SMILES string of the molecule is CC(C)(C)OC(=O)N1CC2(CCN(c3nc4cc(B5OC(C)(C)C(C)(C)O5)ccc4c(-c4ccccc4Cl)c3C#N)C2)C1. The number of carbonyl (C=O) groups excluding carboxylic acids is 1. The van der Waals surface area contributed by atoms with E-state index in [0.29, 0.717) is 36.0 Å². The molecule has 2 aromatic carbocycles. The van der Waals surface area contributed by atoms with Gasteiger partial charge in [0.05, 0.1) is 16.7 Å². The fourth-order valence-electron chi connectivity index (χ4n) is 6.27. The van der Waals surface area contributed by atoms with Crippen LogP contribution in [0.3, 0.4) is 0 Å². The lowest BCUT2D eigenvalue weighted by Gasteiger charge is -2.47. The first-order chi connectivity index (χ1) is 20.1. The molecule has 0 atom stereocenters. The van der Waals surface area contributed by atoms with Crippen LogP contribution >= 0.6 is 11.6 Å². The molecular formula is C33H38BClN4O4. The van der Waals surface area contributed by atoms with Crippen molar-refractivity contribution < 1.29 is 18.8 Å². The van der Waals surface area contributed by atoms with Crippen LogP contribution in [-0.4, -0.2) is 66.1 Å². The molecule has 0 unspecified atom stereocenters. The van der Waals surface area contributed by atoms with E-state index in [1.165, 1.54) is 0 Å². The number of fused-ring (bicyclic) bond motifs is 1. The van der Waals surface area contributed by atoms with Crippen LogP contribution in [0.2, 0.25) is 5.02 Å². The number of nitrogens with zero attached hydrogens (tertiary/aromatic N) is 4. The Hall–Kier alpha value is -3.32. The van der Waals surface area contributed by atoms with E-state index in [2.05, 4.69) is 11.0 Å². The van der Waals surface area contributed by atoms with Crippen molar-refractivity contribution in [2.75, 3.05) is 31.1 Å². The van der Waals surface area contributed by atoms with Gasteiger partial charge in [-0.1, -0.05) is 41.9 Å². The van der Waals surface area contributed by atoms with E-state index in [1.54, 1.807) is 4.90 Å². The minimum Gasteiger partial charge on any atom is -0.444 e. The second kappa shape index (κ2) is 10.1. The average Bonchev–Trinajstić information content (AvgIpc) is 3.44. The second-order valence-corrected chi connectivity index (χ2v) is 14.6. The van der Waals surface area contributed by atoms with Crippen molar-refractivity contribution in [3.05, 3.63) is 53.1 Å². The van der Waals surface area contributed by atoms with Gasteiger partial charge >= 0.3 is 13.2 Å². The predicted octanol–water partition coefficient (Wildman–Crippen LogP) is 6.17. The predicted molar refractivity (Wildman–Crippen MR) is 170 cm³/mol. The number of rotatable bonds is 3. The molecule has 43 heavy (non-hydrogen) atoms. The number of aromatic nitrogens is 1. The highest BCUT2D eigenvalue weighted by molar-refractivity contribution is 6.62. The third-order valence-corrected chi connectivity index (χ3v) is 9.54. The van der Waals surface area contributed by atoms with E-state index in [9.17, 15) is 10.1 Å². The van der Waals surface area contributed by atoms with E-state index in [4.69, 9.17) is 30.6 Å². The Kier molecular flexibility index (Phi) is 7.00. The van der Waals surface area contributed by atoms with Gasteiger partial charge in [-0.25, -0.2) is 9.78 Å². The lowest BCUT2D eigenvalue weighted by molar-refractivity contribution is -0.0266. The normalized spacial score (nSPS) is 20.4. The molecule has 3 aromatic rings. The van der Waals surface area contributed by atoms with E-state index in [-0.39, 0.29) is 11.5 Å². The molecule has 8 nitrogen and oxygen atoms in total. The minimum atomic E-state index is -0.539. The Morgan fingerprint density at radius 3 is 2.37 bits per heavy atom. The Labute approximate surface area is 259 Å². The quantitative estimate of drug-likeness (QED) is 0.332. The van der Waals surface area contributed by atoms with Gasteiger partial charge in [-0.05, 0) is 72.5 Å². The first kappa shape index (κ1) is 29.7. The standard InChI is InChI=1S/C33H38BClN4O4/c1-30(2,3)41-29(40)39-19-33(20-39)14-15-38(18-33)28-24(17-36)27(22-10-8-9-11-25(22)35)23-13-12-21(16-26(23)37-28)34-42-31(4,5)32(6,7)43-34/h8-13,16H,14-15,18-20H2,1-7H3. The molecule has 0 bridgehead atoms. The molecule has 4 heterocycles. The topological polar surface area (TPSA) is 87.9 Å². The van der Waals surface area contributed by atoms with Gasteiger partial charge in [0, 0.05) is 53.1 Å². The van der Waals surface area contributed by atoms with E-state index < -0.39 is 23.9 Å². The number of benzene rings is 2. The monoisotopic (exact) mass is 600 g/mol. The summed E-state index contributed by atoms with van der Waals surface area (Å²) in [5, 5.41) is 12.0. The van der Waals surface area contributed by atoms with Gasteiger partial charge in [-0.15, -0.1) is 0 Å². The summed E-state index contributed by atoms with van der Waals surface area (Å²) in [4.78, 5) is 21.7. The van der Waals surface area contributed by atoms with Crippen LogP contribution in [0.15, 0.2) is 42.5 Å². The molecule has 3 fully saturated rings. The van der Waals surface area contributed by atoms with E-state index in [0.717, 1.165) is 40.5 Å². The molecule has 10 heteroatoms. The maximum atomic E-state index is 12.6. The Morgan fingerprint density at radius 1 is 1.07 bits per heavy atom. The van der Waals surface area contributed by atoms with Crippen LogP contribution in [0.1, 0.15) is 60.5 Å². The molecule has 0 N–H and O–H groups in total. The fourth-order valence-corrected chi connectivity index (χ4v) is 6.50. The summed E-state index contributed by atoms with van der Waals surface area (Å²) in [5.41, 5.74) is 2.10. The van der Waals surface area contributed by atoms with Gasteiger partial charge in [-0.2, -0.15) is 5.26 Å². The highest BCUT2D eigenvalue weighted by atomic mass is 35.5. The molecule has 1 amide bonds. The van der Waals surface area contributed by atoms with Gasteiger partial charge in [0.2, 0.25) is 0 Å². The zero-order chi connectivity index (χ0) is 30.9. The lowest BCUT2D eigenvalue weighted by atomic mass is 9.78. The summed E-state index contributed by atoms with van der Waals surface area (Å²) in [6.07, 6.45) is 0.612. The van der Waals surface area contributed by atoms with Crippen LogP contribution in [0.25, 0.3) is 22.0 Å². The van der Waals surface area contributed by atoms with Gasteiger partial charge in [0.25, 0.3) is 0 Å². The van der Waals surface area contributed by atoms with Crippen LogP contribution < -0.4 is 10.4 Å². The summed E-state index contributed by atoms with van der Waals surface area (Å²) < 4.78 is 18.3. The van der Waals surface area contributed by atoms with Gasteiger partial charge in [0.1, 0.15) is 23.1 Å². The lowest BCUT2D eigenvalue weighted by Crippen LogP contribution is -2.60. The Balaban J connectivity index is 1.39. The zero-order valence-electron chi connectivity index (χ0n) is 26.0. The number of pyridine rings is 1. The fraction of sp³-hybridized carbons (Fsp3) is 0.485. The zero-order valence-corrected chi connectivity index (χ0v) is 26.7. The molecule has 224 valence electrons. The number of hydrogen-bond donors (Lipinski definition) is 0. The summed E-state index contributed by atoms with van der Waals surface area (Å²) >= 11 is 6.73. The minimum absolute atomic E-state index is 0.0602. The number of anilines is 1. The molecule has 6 rings (SSSR count). The molecule has 0 aliphatic carbocycles. The number of hydrogen-bond acceptors (Lipinski definition) is 7. The van der Waals surface area contributed by atoms with Gasteiger partial charge in [0.15, 0.2) is 0 Å². The second-order valence-electron chi connectivity index (χ2n) is 14.1. The number of amides is 1. The first-order valence-corrected chi connectivity index (χ1v) is 15.2.